The van der Waals surface area contributed by atoms with Crippen LogP contribution in [0.5, 0.6) is 5.75 Å². The minimum Gasteiger partial charge on any atom is -0.481 e. The first-order valence-corrected chi connectivity index (χ1v) is 6.16. The van der Waals surface area contributed by atoms with Crippen molar-refractivity contribution >= 4 is 5.69 Å². The Morgan fingerprint density at radius 1 is 1.00 bits per heavy atom. The zero-order valence-corrected chi connectivity index (χ0v) is 10.0. The molecule has 0 saturated carbocycles. The molecule has 0 fully saturated rings. The summed E-state index contributed by atoms with van der Waals surface area (Å²) in [5.74, 6) is 0.885. The summed E-state index contributed by atoms with van der Waals surface area (Å²) in [5.41, 5.74) is 8.01. The molecule has 3 heteroatoms. The van der Waals surface area contributed by atoms with Crippen molar-refractivity contribution in [1.82, 2.24) is 0 Å². The van der Waals surface area contributed by atoms with Crippen LogP contribution in [0.3, 0.4) is 0 Å². The van der Waals surface area contributed by atoms with Crippen molar-refractivity contribution in [3.63, 3.8) is 0 Å². The average molecular weight is 240 g/mol. The number of nitrogens with one attached hydrogen (secondary N) is 1. The van der Waals surface area contributed by atoms with Crippen molar-refractivity contribution in [3.05, 3.63) is 60.2 Å². The highest BCUT2D eigenvalue weighted by atomic mass is 16.5. The van der Waals surface area contributed by atoms with E-state index in [9.17, 15) is 0 Å². The van der Waals surface area contributed by atoms with E-state index in [1.54, 1.807) is 0 Å². The molecule has 18 heavy (non-hydrogen) atoms. The molecular weight excluding hydrogens is 224 g/mol. The smallest absolute Gasteiger partial charge is 0.145 e. The van der Waals surface area contributed by atoms with Gasteiger partial charge in [-0.05, 0) is 17.7 Å². The molecule has 2 atom stereocenters. The summed E-state index contributed by atoms with van der Waals surface area (Å²) in [6, 6.07) is 18.2. The SMILES string of the molecule is NC[C@H]1Nc2ccccc2O[C@@H]1c1ccccc1. The molecule has 92 valence electrons. The van der Waals surface area contributed by atoms with E-state index >= 15 is 0 Å². The topological polar surface area (TPSA) is 47.3 Å². The van der Waals surface area contributed by atoms with Crippen LogP contribution in [-0.4, -0.2) is 12.6 Å². The van der Waals surface area contributed by atoms with E-state index in [4.69, 9.17) is 10.5 Å². The molecule has 0 bridgehead atoms. The molecule has 0 radical (unpaired) electrons. The number of rotatable bonds is 2. The molecule has 0 unspecified atom stereocenters. The molecule has 2 aromatic carbocycles. The maximum Gasteiger partial charge on any atom is 0.145 e. The zero-order valence-electron chi connectivity index (χ0n) is 10.0. The van der Waals surface area contributed by atoms with Gasteiger partial charge in [-0.3, -0.25) is 0 Å². The van der Waals surface area contributed by atoms with E-state index in [-0.39, 0.29) is 12.1 Å². The fraction of sp³-hybridized carbons (Fsp3) is 0.200. The Morgan fingerprint density at radius 3 is 2.50 bits per heavy atom. The summed E-state index contributed by atoms with van der Waals surface area (Å²) in [5, 5.41) is 3.45. The first-order chi connectivity index (χ1) is 8.88. The van der Waals surface area contributed by atoms with Crippen molar-refractivity contribution in [2.24, 2.45) is 5.73 Å². The van der Waals surface area contributed by atoms with Crippen LogP contribution >= 0.6 is 0 Å². The lowest BCUT2D eigenvalue weighted by atomic mass is 10.00. The molecule has 0 aliphatic carbocycles. The Morgan fingerprint density at radius 2 is 1.72 bits per heavy atom. The van der Waals surface area contributed by atoms with Gasteiger partial charge in [-0.25, -0.2) is 0 Å². The number of hydrogen-bond donors (Lipinski definition) is 2. The quantitative estimate of drug-likeness (QED) is 0.848. The second-order valence-electron chi connectivity index (χ2n) is 4.43. The Labute approximate surface area is 107 Å². The van der Waals surface area contributed by atoms with Gasteiger partial charge in [0.1, 0.15) is 11.9 Å². The lowest BCUT2D eigenvalue weighted by molar-refractivity contribution is 0.173. The molecule has 0 amide bonds. The highest BCUT2D eigenvalue weighted by Gasteiger charge is 2.29. The Hall–Kier alpha value is -2.00. The molecule has 3 rings (SSSR count). The monoisotopic (exact) mass is 240 g/mol. The summed E-state index contributed by atoms with van der Waals surface area (Å²) in [6.45, 7) is 0.536. The third-order valence-electron chi connectivity index (χ3n) is 3.23. The van der Waals surface area contributed by atoms with Crippen molar-refractivity contribution in [3.8, 4) is 5.75 Å². The van der Waals surface area contributed by atoms with Gasteiger partial charge in [0.15, 0.2) is 0 Å². The molecule has 0 saturated heterocycles. The summed E-state index contributed by atoms with van der Waals surface area (Å²) in [4.78, 5) is 0. The summed E-state index contributed by atoms with van der Waals surface area (Å²) < 4.78 is 6.08. The normalized spacial score (nSPS) is 21.6. The van der Waals surface area contributed by atoms with E-state index in [1.165, 1.54) is 0 Å². The summed E-state index contributed by atoms with van der Waals surface area (Å²) in [6.07, 6.45) is -0.0360. The van der Waals surface area contributed by atoms with Crippen molar-refractivity contribution in [1.29, 1.82) is 0 Å². The van der Waals surface area contributed by atoms with Crippen LogP contribution in [0.1, 0.15) is 11.7 Å². The Bertz CT molecular complexity index is 527. The van der Waals surface area contributed by atoms with Gasteiger partial charge in [-0.2, -0.15) is 0 Å². The molecule has 2 aromatic rings. The molecule has 1 aliphatic heterocycles. The number of benzene rings is 2. The zero-order chi connectivity index (χ0) is 12.4. The van der Waals surface area contributed by atoms with Crippen LogP contribution < -0.4 is 15.8 Å². The maximum absolute atomic E-state index is 6.08. The summed E-state index contributed by atoms with van der Waals surface area (Å²) >= 11 is 0. The van der Waals surface area contributed by atoms with Crippen LogP contribution in [0.25, 0.3) is 0 Å². The van der Waals surface area contributed by atoms with Crippen LogP contribution in [0.15, 0.2) is 54.6 Å². The molecule has 3 nitrogen and oxygen atoms in total. The van der Waals surface area contributed by atoms with Crippen LogP contribution in [0.4, 0.5) is 5.69 Å². The number of hydrogen-bond acceptors (Lipinski definition) is 3. The third kappa shape index (κ3) is 1.93. The molecular formula is C15H16N2O. The minimum absolute atomic E-state index is 0.0360. The van der Waals surface area contributed by atoms with Crippen LogP contribution in [-0.2, 0) is 0 Å². The number of nitrogens with two attached hydrogens (primary N) is 1. The molecule has 1 aliphatic rings. The molecule has 3 N–H and O–H groups in total. The number of ether oxygens (including phenoxy) is 1. The highest BCUT2D eigenvalue weighted by molar-refractivity contribution is 5.59. The number of para-hydroxylation sites is 2. The van der Waals surface area contributed by atoms with Gasteiger partial charge >= 0.3 is 0 Å². The van der Waals surface area contributed by atoms with Gasteiger partial charge in [0.25, 0.3) is 0 Å². The summed E-state index contributed by atoms with van der Waals surface area (Å²) in [7, 11) is 0. The first-order valence-electron chi connectivity index (χ1n) is 6.16. The van der Waals surface area contributed by atoms with Crippen molar-refractivity contribution in [2.75, 3.05) is 11.9 Å². The molecule has 1 heterocycles. The Kier molecular flexibility index (Phi) is 2.90. The van der Waals surface area contributed by atoms with E-state index in [1.807, 2.05) is 42.5 Å². The Balaban J connectivity index is 1.96. The maximum atomic E-state index is 6.08. The lowest BCUT2D eigenvalue weighted by Crippen LogP contribution is -2.40. The predicted octanol–water partition coefficient (Wildman–Crippen LogP) is 2.56. The van der Waals surface area contributed by atoms with E-state index in [0.717, 1.165) is 17.0 Å². The van der Waals surface area contributed by atoms with Crippen LogP contribution in [0, 0.1) is 0 Å². The first kappa shape index (κ1) is 11.1. The minimum atomic E-state index is -0.0360. The van der Waals surface area contributed by atoms with Crippen molar-refractivity contribution < 1.29 is 4.74 Å². The van der Waals surface area contributed by atoms with Gasteiger partial charge in [0.05, 0.1) is 11.7 Å². The van der Waals surface area contributed by atoms with Gasteiger partial charge in [-0.15, -0.1) is 0 Å². The van der Waals surface area contributed by atoms with Crippen LogP contribution in [0.2, 0.25) is 0 Å². The van der Waals surface area contributed by atoms with Crippen molar-refractivity contribution in [2.45, 2.75) is 12.1 Å². The van der Waals surface area contributed by atoms with E-state index in [0.29, 0.717) is 6.54 Å². The molecule has 0 aromatic heterocycles. The standard InChI is InChI=1S/C15H16N2O/c16-10-13-15(11-6-2-1-3-7-11)18-14-9-5-4-8-12(14)17-13/h1-9,13,15,17H,10,16H2/t13-,15-/m1/s1. The predicted molar refractivity (Wildman–Crippen MR) is 72.7 cm³/mol. The fourth-order valence-electron chi connectivity index (χ4n) is 2.31. The largest absolute Gasteiger partial charge is 0.481 e. The lowest BCUT2D eigenvalue weighted by Gasteiger charge is -2.34. The van der Waals surface area contributed by atoms with E-state index < -0.39 is 0 Å². The van der Waals surface area contributed by atoms with Gasteiger partial charge in [0, 0.05) is 6.54 Å². The molecule has 0 spiro atoms. The second kappa shape index (κ2) is 4.70. The second-order valence-corrected chi connectivity index (χ2v) is 4.43. The van der Waals surface area contributed by atoms with Gasteiger partial charge in [0.2, 0.25) is 0 Å². The number of fused-ring (bicyclic) bond motifs is 1. The third-order valence-corrected chi connectivity index (χ3v) is 3.23. The van der Waals surface area contributed by atoms with Gasteiger partial charge in [-0.1, -0.05) is 42.5 Å². The van der Waals surface area contributed by atoms with E-state index in [2.05, 4.69) is 17.4 Å². The number of anilines is 1. The average Bonchev–Trinajstić information content (AvgIpc) is 2.46. The van der Waals surface area contributed by atoms with Gasteiger partial charge < -0.3 is 15.8 Å². The fourth-order valence-corrected chi connectivity index (χ4v) is 2.31. The highest BCUT2D eigenvalue weighted by Crippen LogP contribution is 2.36.